The molecule has 0 heterocycles. The Bertz CT molecular complexity index is 849. The molecule has 24 heavy (non-hydrogen) atoms. The molecule has 0 saturated carbocycles. The number of nitro groups is 1. The largest absolute Gasteiger partial charge is 0.500 e. The topological polar surface area (TPSA) is 89.7 Å². The molecular weight excluding hydrogens is 357 g/mol. The molecule has 0 fully saturated rings. The number of phenols is 1. The molecule has 124 valence electrons. The number of methoxy groups -OCH3 is 1. The molecule has 0 aromatic heterocycles. The van der Waals surface area contributed by atoms with E-state index in [1.165, 1.54) is 37.5 Å². The van der Waals surface area contributed by atoms with E-state index in [4.69, 9.17) is 27.9 Å². The van der Waals surface area contributed by atoms with Crippen molar-refractivity contribution in [1.82, 2.24) is 0 Å². The maximum absolute atomic E-state index is 12.2. The molecule has 0 amide bonds. The second kappa shape index (κ2) is 7.33. The number of carbonyl (C=O) groups excluding carboxylic acids is 1. The summed E-state index contributed by atoms with van der Waals surface area (Å²) >= 11 is 11.8. The van der Waals surface area contributed by atoms with Crippen LogP contribution in [0.4, 0.5) is 5.69 Å². The molecule has 1 N–H and O–H groups in total. The average molecular weight is 368 g/mol. The van der Waals surface area contributed by atoms with E-state index in [1.54, 1.807) is 6.07 Å². The molecule has 0 aliphatic rings. The fourth-order valence-electron chi connectivity index (χ4n) is 1.95. The highest BCUT2D eigenvalue weighted by atomic mass is 35.5. The van der Waals surface area contributed by atoms with E-state index >= 15 is 0 Å². The summed E-state index contributed by atoms with van der Waals surface area (Å²) in [5.41, 5.74) is -0.00857. The van der Waals surface area contributed by atoms with E-state index in [0.29, 0.717) is 10.6 Å². The zero-order chi connectivity index (χ0) is 17.9. The van der Waals surface area contributed by atoms with Gasteiger partial charge in [-0.15, -0.1) is 0 Å². The van der Waals surface area contributed by atoms with Crippen molar-refractivity contribution in [3.63, 3.8) is 0 Å². The van der Waals surface area contributed by atoms with Crippen molar-refractivity contribution in [1.29, 1.82) is 0 Å². The number of carbonyl (C=O) groups is 1. The van der Waals surface area contributed by atoms with E-state index in [9.17, 15) is 20.0 Å². The van der Waals surface area contributed by atoms with Crippen molar-refractivity contribution in [2.45, 2.75) is 0 Å². The van der Waals surface area contributed by atoms with E-state index in [0.717, 1.165) is 6.07 Å². The van der Waals surface area contributed by atoms with Crippen LogP contribution >= 0.6 is 23.2 Å². The second-order valence-electron chi connectivity index (χ2n) is 4.67. The predicted molar refractivity (Wildman–Crippen MR) is 91.1 cm³/mol. The highest BCUT2D eigenvalue weighted by Crippen LogP contribution is 2.37. The number of aromatic hydroxyl groups is 1. The van der Waals surface area contributed by atoms with Crippen molar-refractivity contribution in [2.24, 2.45) is 0 Å². The van der Waals surface area contributed by atoms with Crippen LogP contribution in [0.5, 0.6) is 11.5 Å². The lowest BCUT2D eigenvalue weighted by molar-refractivity contribution is -0.386. The molecule has 0 atom stereocenters. The minimum absolute atomic E-state index is 0.0721. The summed E-state index contributed by atoms with van der Waals surface area (Å²) in [6.45, 7) is 0. The average Bonchev–Trinajstić information content (AvgIpc) is 2.55. The van der Waals surface area contributed by atoms with Crippen LogP contribution in [-0.4, -0.2) is 22.9 Å². The molecule has 0 aliphatic heterocycles. The summed E-state index contributed by atoms with van der Waals surface area (Å²) in [6.07, 6.45) is 2.56. The Balaban J connectivity index is 2.38. The van der Waals surface area contributed by atoms with Crippen molar-refractivity contribution in [3.8, 4) is 11.5 Å². The lowest BCUT2D eigenvalue weighted by Crippen LogP contribution is -1.96. The number of nitro benzene ring substituents is 1. The lowest BCUT2D eigenvalue weighted by atomic mass is 10.1. The molecule has 6 nitrogen and oxygen atoms in total. The van der Waals surface area contributed by atoms with Crippen LogP contribution in [-0.2, 0) is 0 Å². The third-order valence-electron chi connectivity index (χ3n) is 3.11. The monoisotopic (exact) mass is 367 g/mol. The zero-order valence-corrected chi connectivity index (χ0v) is 13.8. The van der Waals surface area contributed by atoms with E-state index in [-0.39, 0.29) is 16.3 Å². The molecule has 0 spiro atoms. The molecule has 2 rings (SSSR count). The second-order valence-corrected chi connectivity index (χ2v) is 5.51. The van der Waals surface area contributed by atoms with Crippen molar-refractivity contribution in [2.75, 3.05) is 7.11 Å². The Morgan fingerprint density at radius 1 is 1.29 bits per heavy atom. The summed E-state index contributed by atoms with van der Waals surface area (Å²) in [4.78, 5) is 22.4. The van der Waals surface area contributed by atoms with Crippen LogP contribution in [0.1, 0.15) is 15.9 Å². The molecule has 0 saturated heterocycles. The first-order chi connectivity index (χ1) is 11.3. The Morgan fingerprint density at radius 2 is 2.00 bits per heavy atom. The van der Waals surface area contributed by atoms with Crippen LogP contribution in [0.15, 0.2) is 36.4 Å². The summed E-state index contributed by atoms with van der Waals surface area (Å²) in [5, 5.41) is 21.3. The van der Waals surface area contributed by atoms with Gasteiger partial charge in [-0.3, -0.25) is 14.9 Å². The van der Waals surface area contributed by atoms with Gasteiger partial charge < -0.3 is 9.84 Å². The molecule has 2 aromatic carbocycles. The van der Waals surface area contributed by atoms with Crippen LogP contribution in [0, 0.1) is 10.1 Å². The number of hydrogen-bond donors (Lipinski definition) is 1. The van der Waals surface area contributed by atoms with Gasteiger partial charge in [0, 0.05) is 16.7 Å². The Morgan fingerprint density at radius 3 is 2.62 bits per heavy atom. The number of ketones is 1. The number of phenolic OH excluding ortho intramolecular Hbond substituents is 1. The van der Waals surface area contributed by atoms with Gasteiger partial charge in [-0.2, -0.15) is 0 Å². The number of hydrogen-bond acceptors (Lipinski definition) is 5. The molecule has 0 aliphatic carbocycles. The normalized spacial score (nSPS) is 10.8. The minimum Gasteiger partial charge on any atom is -0.500 e. The summed E-state index contributed by atoms with van der Waals surface area (Å²) < 4.78 is 4.89. The maximum Gasteiger partial charge on any atom is 0.315 e. The van der Waals surface area contributed by atoms with Gasteiger partial charge >= 0.3 is 5.69 Å². The van der Waals surface area contributed by atoms with Gasteiger partial charge in [-0.1, -0.05) is 29.3 Å². The molecule has 0 radical (unpaired) electrons. The van der Waals surface area contributed by atoms with E-state index in [1.807, 2.05) is 0 Å². The smallest absolute Gasteiger partial charge is 0.315 e. The molecular formula is C16H11Cl2NO5. The number of halogens is 2. The Labute approximate surface area is 147 Å². The fourth-order valence-corrected chi connectivity index (χ4v) is 2.34. The summed E-state index contributed by atoms with van der Waals surface area (Å²) in [5.74, 6) is -1.07. The molecule has 0 bridgehead atoms. The van der Waals surface area contributed by atoms with Crippen LogP contribution < -0.4 is 4.74 Å². The highest BCUT2D eigenvalue weighted by Gasteiger charge is 2.19. The third kappa shape index (κ3) is 3.84. The number of allylic oxidation sites excluding steroid dienone is 1. The Hall–Kier alpha value is -2.57. The first-order valence-electron chi connectivity index (χ1n) is 6.56. The van der Waals surface area contributed by atoms with Gasteiger partial charge in [-0.05, 0) is 35.9 Å². The summed E-state index contributed by atoms with van der Waals surface area (Å²) in [6, 6.07) is 6.97. The van der Waals surface area contributed by atoms with Gasteiger partial charge in [0.15, 0.2) is 11.5 Å². The highest BCUT2D eigenvalue weighted by molar-refractivity contribution is 6.36. The molecule has 0 unspecified atom stereocenters. The van der Waals surface area contributed by atoms with E-state index in [2.05, 4.69) is 0 Å². The van der Waals surface area contributed by atoms with E-state index < -0.39 is 22.1 Å². The fraction of sp³-hybridized carbons (Fsp3) is 0.0625. The Kier molecular flexibility index (Phi) is 5.43. The van der Waals surface area contributed by atoms with Gasteiger partial charge in [0.25, 0.3) is 0 Å². The van der Waals surface area contributed by atoms with Crippen LogP contribution in [0.25, 0.3) is 6.08 Å². The lowest BCUT2D eigenvalue weighted by Gasteiger charge is -2.05. The minimum atomic E-state index is -0.745. The number of benzene rings is 2. The first kappa shape index (κ1) is 17.8. The van der Waals surface area contributed by atoms with Gasteiger partial charge in [-0.25, -0.2) is 0 Å². The van der Waals surface area contributed by atoms with Crippen LogP contribution in [0.2, 0.25) is 10.0 Å². The SMILES string of the molecule is COc1cc(/C=C/C(=O)c2cc(Cl)ccc2Cl)cc([N+](=O)[O-])c1O. The molecule has 8 heteroatoms. The number of nitrogens with zero attached hydrogens (tertiary/aromatic N) is 1. The van der Waals surface area contributed by atoms with Crippen molar-refractivity contribution in [3.05, 3.63) is 67.7 Å². The standard InChI is InChI=1S/C16H11Cl2NO5/c1-24-15-7-9(6-13(16(15)21)19(22)23)2-5-14(20)11-8-10(17)3-4-12(11)18/h2-8,21H,1H3/b5-2+. The zero-order valence-electron chi connectivity index (χ0n) is 12.3. The number of ether oxygens (including phenoxy) is 1. The quantitative estimate of drug-likeness (QED) is 0.363. The first-order valence-corrected chi connectivity index (χ1v) is 7.32. The summed E-state index contributed by atoms with van der Waals surface area (Å²) in [7, 11) is 1.27. The van der Waals surface area contributed by atoms with Gasteiger partial charge in [0.2, 0.25) is 5.75 Å². The van der Waals surface area contributed by atoms with Crippen molar-refractivity contribution < 1.29 is 19.6 Å². The van der Waals surface area contributed by atoms with Crippen LogP contribution in [0.3, 0.4) is 0 Å². The molecule has 2 aromatic rings. The number of rotatable bonds is 5. The van der Waals surface area contributed by atoms with Gasteiger partial charge in [0.05, 0.1) is 17.1 Å². The maximum atomic E-state index is 12.2. The predicted octanol–water partition coefficient (Wildman–Crippen LogP) is 4.51. The van der Waals surface area contributed by atoms with Gasteiger partial charge in [0.1, 0.15) is 0 Å². The third-order valence-corrected chi connectivity index (χ3v) is 3.68. The van der Waals surface area contributed by atoms with Crippen molar-refractivity contribution >= 4 is 40.7 Å².